The molecule has 198 valence electrons. The van der Waals surface area contributed by atoms with E-state index in [1.165, 1.54) is 0 Å². The zero-order valence-electron chi connectivity index (χ0n) is 21.7. The fraction of sp³-hybridized carbons (Fsp3) is 0.407. The molecule has 2 aliphatic heterocycles. The number of rotatable bonds is 6. The molecule has 1 saturated heterocycles. The summed E-state index contributed by atoms with van der Waals surface area (Å²) in [5, 5.41) is 23.4. The van der Waals surface area contributed by atoms with Crippen LogP contribution in [-0.4, -0.2) is 68.2 Å². The number of ether oxygens (including phenoxy) is 2. The van der Waals surface area contributed by atoms with E-state index < -0.39 is 6.04 Å². The van der Waals surface area contributed by atoms with Crippen molar-refractivity contribution in [3.8, 4) is 17.2 Å². The second-order valence-electron chi connectivity index (χ2n) is 10.4. The number of fused-ring (bicyclic) bond motifs is 2. The lowest BCUT2D eigenvalue weighted by Crippen LogP contribution is -2.49. The summed E-state index contributed by atoms with van der Waals surface area (Å²) in [4.78, 5) is 21.2. The van der Waals surface area contributed by atoms with Crippen LogP contribution in [0.5, 0.6) is 17.2 Å². The summed E-state index contributed by atoms with van der Waals surface area (Å²) in [7, 11) is 0. The van der Waals surface area contributed by atoms with Gasteiger partial charge in [0.2, 0.25) is 6.79 Å². The van der Waals surface area contributed by atoms with Crippen molar-refractivity contribution >= 4 is 16.6 Å². The van der Waals surface area contributed by atoms with Gasteiger partial charge in [-0.3, -0.25) is 9.69 Å². The molecular formula is C27H31N7O4. The molecular weight excluding hydrogens is 486 g/mol. The van der Waals surface area contributed by atoms with Crippen molar-refractivity contribution in [2.45, 2.75) is 38.8 Å². The normalized spacial score (nSPS) is 16.8. The lowest BCUT2D eigenvalue weighted by Gasteiger charge is -2.40. The van der Waals surface area contributed by atoms with Gasteiger partial charge in [0, 0.05) is 48.9 Å². The van der Waals surface area contributed by atoms with Crippen LogP contribution in [0.4, 0.5) is 5.69 Å². The number of benzene rings is 2. The maximum absolute atomic E-state index is 13.6. The standard InChI is InChI=1S/C27H31N7O4/c1-4-27(2,3)34-25(29-30-31-34)24(33-11-9-32(10-12-33)18-5-7-19(35)8-6-18)20-13-17-14-22-23(38-16-37-22)15-21(17)28-26(20)36/h5-8,13-15,24,35H,4,9-12,16H2,1-3H3,(H,28,36). The molecule has 0 saturated carbocycles. The average molecular weight is 518 g/mol. The molecule has 38 heavy (non-hydrogen) atoms. The molecule has 6 rings (SSSR count). The summed E-state index contributed by atoms with van der Waals surface area (Å²) >= 11 is 0. The van der Waals surface area contributed by atoms with Crippen LogP contribution >= 0.6 is 0 Å². The molecule has 0 bridgehead atoms. The first-order valence-electron chi connectivity index (χ1n) is 12.9. The topological polar surface area (TPSA) is 122 Å². The molecule has 2 aromatic heterocycles. The van der Waals surface area contributed by atoms with E-state index in [1.54, 1.807) is 18.2 Å². The van der Waals surface area contributed by atoms with E-state index in [4.69, 9.17) is 9.47 Å². The van der Waals surface area contributed by atoms with Gasteiger partial charge in [0.05, 0.1) is 11.1 Å². The quantitative estimate of drug-likeness (QED) is 0.397. The third-order valence-corrected chi connectivity index (χ3v) is 7.73. The van der Waals surface area contributed by atoms with Gasteiger partial charge in [-0.1, -0.05) is 6.92 Å². The number of hydrogen-bond acceptors (Lipinski definition) is 9. The number of nitrogens with zero attached hydrogens (tertiary/aromatic N) is 6. The van der Waals surface area contributed by atoms with E-state index in [2.05, 4.69) is 51.1 Å². The molecule has 4 heterocycles. The number of pyridine rings is 1. The van der Waals surface area contributed by atoms with Crippen molar-refractivity contribution in [3.05, 3.63) is 64.2 Å². The average Bonchev–Trinajstić information content (AvgIpc) is 3.59. The van der Waals surface area contributed by atoms with Crippen LogP contribution in [-0.2, 0) is 5.54 Å². The molecule has 11 nitrogen and oxygen atoms in total. The highest BCUT2D eigenvalue weighted by molar-refractivity contribution is 5.83. The second kappa shape index (κ2) is 9.32. The first-order chi connectivity index (χ1) is 18.3. The van der Waals surface area contributed by atoms with Crippen molar-refractivity contribution < 1.29 is 14.6 Å². The number of aromatic nitrogens is 5. The Labute approximate surface area is 219 Å². The summed E-state index contributed by atoms with van der Waals surface area (Å²) in [6.07, 6.45) is 0.823. The van der Waals surface area contributed by atoms with Gasteiger partial charge in [0.1, 0.15) is 11.8 Å². The Bertz CT molecular complexity index is 1520. The van der Waals surface area contributed by atoms with Crippen molar-refractivity contribution in [3.63, 3.8) is 0 Å². The summed E-state index contributed by atoms with van der Waals surface area (Å²) in [5.41, 5.74) is 1.80. The lowest BCUT2D eigenvalue weighted by molar-refractivity contribution is 0.174. The summed E-state index contributed by atoms with van der Waals surface area (Å²) in [5.74, 6) is 2.17. The number of hydrogen-bond donors (Lipinski definition) is 2. The van der Waals surface area contributed by atoms with Crippen molar-refractivity contribution in [1.29, 1.82) is 0 Å². The fourth-order valence-corrected chi connectivity index (χ4v) is 5.16. The number of aromatic amines is 1. The van der Waals surface area contributed by atoms with E-state index in [0.29, 0.717) is 41.5 Å². The van der Waals surface area contributed by atoms with E-state index in [1.807, 2.05) is 28.9 Å². The van der Waals surface area contributed by atoms with Gasteiger partial charge in [0.25, 0.3) is 5.56 Å². The number of piperazine rings is 1. The summed E-state index contributed by atoms with van der Waals surface area (Å²) in [6, 6.07) is 12.4. The minimum Gasteiger partial charge on any atom is -0.508 e. The van der Waals surface area contributed by atoms with Crippen LogP contribution in [0.15, 0.2) is 47.3 Å². The third kappa shape index (κ3) is 4.22. The van der Waals surface area contributed by atoms with Gasteiger partial charge >= 0.3 is 0 Å². The number of tetrazole rings is 1. The molecule has 0 amide bonds. The van der Waals surface area contributed by atoms with E-state index >= 15 is 0 Å². The Morgan fingerprint density at radius 2 is 1.76 bits per heavy atom. The Morgan fingerprint density at radius 3 is 2.47 bits per heavy atom. The molecule has 1 atom stereocenters. The molecule has 0 aliphatic carbocycles. The predicted octanol–water partition coefficient (Wildman–Crippen LogP) is 3.01. The lowest BCUT2D eigenvalue weighted by atomic mass is 9.98. The van der Waals surface area contributed by atoms with Crippen LogP contribution in [0.2, 0.25) is 0 Å². The van der Waals surface area contributed by atoms with Crippen LogP contribution in [0.3, 0.4) is 0 Å². The van der Waals surface area contributed by atoms with Gasteiger partial charge in [-0.25, -0.2) is 4.68 Å². The largest absolute Gasteiger partial charge is 0.508 e. The third-order valence-electron chi connectivity index (χ3n) is 7.73. The maximum atomic E-state index is 13.6. The minimum absolute atomic E-state index is 0.164. The number of H-pyrrole nitrogens is 1. The first kappa shape index (κ1) is 24.2. The van der Waals surface area contributed by atoms with E-state index in [-0.39, 0.29) is 23.6 Å². The highest BCUT2D eigenvalue weighted by atomic mass is 16.7. The van der Waals surface area contributed by atoms with Gasteiger partial charge in [-0.15, -0.1) is 5.10 Å². The van der Waals surface area contributed by atoms with Gasteiger partial charge in [0.15, 0.2) is 17.3 Å². The molecule has 2 N–H and O–H groups in total. The Hall–Kier alpha value is -4.12. The Kier molecular flexibility index (Phi) is 5.94. The second-order valence-corrected chi connectivity index (χ2v) is 10.4. The number of phenolic OH excluding ortho intramolecular Hbond substituents is 1. The monoisotopic (exact) mass is 517 g/mol. The molecule has 0 spiro atoms. The Morgan fingerprint density at radius 1 is 1.05 bits per heavy atom. The van der Waals surface area contributed by atoms with Crippen LogP contribution in [0, 0.1) is 0 Å². The molecule has 4 aromatic rings. The predicted molar refractivity (Wildman–Crippen MR) is 142 cm³/mol. The van der Waals surface area contributed by atoms with Gasteiger partial charge in [-0.2, -0.15) is 0 Å². The molecule has 2 aliphatic rings. The molecule has 11 heteroatoms. The van der Waals surface area contributed by atoms with E-state index in [9.17, 15) is 9.90 Å². The first-order valence-corrected chi connectivity index (χ1v) is 12.9. The Balaban J connectivity index is 1.41. The molecule has 0 radical (unpaired) electrons. The van der Waals surface area contributed by atoms with Crippen LogP contribution < -0.4 is 19.9 Å². The highest BCUT2D eigenvalue weighted by Gasteiger charge is 2.36. The minimum atomic E-state index is -0.448. The van der Waals surface area contributed by atoms with Gasteiger partial charge in [-0.05, 0) is 67.1 Å². The van der Waals surface area contributed by atoms with Crippen LogP contribution in [0.1, 0.15) is 44.6 Å². The highest BCUT2D eigenvalue weighted by Crippen LogP contribution is 2.37. The molecule has 1 fully saturated rings. The fourth-order valence-electron chi connectivity index (χ4n) is 5.16. The summed E-state index contributed by atoms with van der Waals surface area (Å²) in [6.45, 7) is 9.36. The van der Waals surface area contributed by atoms with Gasteiger partial charge < -0.3 is 24.5 Å². The smallest absolute Gasteiger partial charge is 0.253 e. The van der Waals surface area contributed by atoms with E-state index in [0.717, 1.165) is 30.6 Å². The number of anilines is 1. The number of aromatic hydroxyl groups is 1. The molecule has 2 aromatic carbocycles. The molecule has 1 unspecified atom stereocenters. The zero-order valence-corrected chi connectivity index (χ0v) is 21.7. The number of phenols is 1. The van der Waals surface area contributed by atoms with Crippen LogP contribution in [0.25, 0.3) is 10.9 Å². The summed E-state index contributed by atoms with van der Waals surface area (Å²) < 4.78 is 12.9. The maximum Gasteiger partial charge on any atom is 0.253 e. The number of nitrogens with one attached hydrogen (secondary N) is 1. The zero-order chi connectivity index (χ0) is 26.4. The van der Waals surface area contributed by atoms with Crippen molar-refractivity contribution in [1.82, 2.24) is 30.1 Å². The van der Waals surface area contributed by atoms with Crippen molar-refractivity contribution in [2.24, 2.45) is 0 Å². The SMILES string of the molecule is CCC(C)(C)n1nnnc1C(c1cc2cc3c(cc2[nH]c1=O)OCO3)N1CCN(c2ccc(O)cc2)CC1. The van der Waals surface area contributed by atoms with Crippen molar-refractivity contribution in [2.75, 3.05) is 37.9 Å².